The lowest BCUT2D eigenvalue weighted by atomic mass is 10.1. The maximum absolute atomic E-state index is 12.6. The molecule has 1 heterocycles. The van der Waals surface area contributed by atoms with Crippen molar-refractivity contribution >= 4 is 11.7 Å². The van der Waals surface area contributed by atoms with Crippen molar-refractivity contribution in [3.05, 3.63) is 76.6 Å². The number of aromatic nitrogens is 1. The van der Waals surface area contributed by atoms with Gasteiger partial charge in [0.2, 0.25) is 0 Å². The largest absolute Gasteiger partial charge is 0.508 e. The van der Waals surface area contributed by atoms with E-state index in [2.05, 4.69) is 0 Å². The van der Waals surface area contributed by atoms with Crippen LogP contribution in [0.25, 0.3) is 16.9 Å². The van der Waals surface area contributed by atoms with Gasteiger partial charge in [0.25, 0.3) is 0 Å². The summed E-state index contributed by atoms with van der Waals surface area (Å²) < 4.78 is 11.4. The Hall–Kier alpha value is -3.58. The molecular formula is C22H22N2O5. The second-order valence-electron chi connectivity index (χ2n) is 6.60. The van der Waals surface area contributed by atoms with E-state index in [0.717, 1.165) is 11.3 Å². The number of pyridine rings is 1. The molecule has 0 unspecified atom stereocenters. The number of ether oxygens (including phenoxy) is 2. The van der Waals surface area contributed by atoms with Crippen molar-refractivity contribution in [1.29, 1.82) is 0 Å². The van der Waals surface area contributed by atoms with Crippen molar-refractivity contribution in [2.24, 2.45) is 0 Å². The van der Waals surface area contributed by atoms with E-state index in [1.807, 2.05) is 43.3 Å². The fraction of sp³-hybridized carbons (Fsp3) is 0.182. The molecule has 3 aromatic rings. The number of hydrogen-bond acceptors (Lipinski definition) is 6. The van der Waals surface area contributed by atoms with E-state index in [1.54, 1.807) is 16.7 Å². The average molecular weight is 394 g/mol. The molecule has 2 aromatic carbocycles. The van der Waals surface area contributed by atoms with E-state index < -0.39 is 11.4 Å². The highest BCUT2D eigenvalue weighted by Crippen LogP contribution is 2.25. The van der Waals surface area contributed by atoms with Crippen LogP contribution in [0.2, 0.25) is 0 Å². The third-order valence-corrected chi connectivity index (χ3v) is 4.39. The minimum atomic E-state index is -0.765. The minimum absolute atomic E-state index is 0.108. The van der Waals surface area contributed by atoms with Gasteiger partial charge in [0.15, 0.2) is 12.2 Å². The molecule has 0 saturated carbocycles. The molecule has 0 aliphatic heterocycles. The fourth-order valence-electron chi connectivity index (χ4n) is 2.86. The van der Waals surface area contributed by atoms with Crippen LogP contribution in [0.1, 0.15) is 10.4 Å². The molecule has 7 nitrogen and oxygen atoms in total. The first-order valence-electron chi connectivity index (χ1n) is 8.90. The Morgan fingerprint density at radius 2 is 1.72 bits per heavy atom. The summed E-state index contributed by atoms with van der Waals surface area (Å²) in [4.78, 5) is 26.9. The Labute approximate surface area is 168 Å². The van der Waals surface area contributed by atoms with Gasteiger partial charge in [-0.25, -0.2) is 4.79 Å². The highest BCUT2D eigenvalue weighted by atomic mass is 16.7. The number of nitrogens with zero attached hydrogens (tertiary/aromatic N) is 2. The zero-order valence-corrected chi connectivity index (χ0v) is 16.5. The number of aromatic hydroxyl groups is 1. The smallest absolute Gasteiger partial charge is 0.345 e. The molecule has 1 N–H and O–H groups in total. The minimum Gasteiger partial charge on any atom is -0.508 e. The highest BCUT2D eigenvalue weighted by Gasteiger charge is 2.17. The van der Waals surface area contributed by atoms with E-state index >= 15 is 0 Å². The van der Waals surface area contributed by atoms with Crippen molar-refractivity contribution in [2.45, 2.75) is 0 Å². The molecule has 3 rings (SSSR count). The summed E-state index contributed by atoms with van der Waals surface area (Å²) in [5.41, 5.74) is 2.55. The van der Waals surface area contributed by atoms with Gasteiger partial charge >= 0.3 is 5.97 Å². The molecule has 0 spiro atoms. The first-order chi connectivity index (χ1) is 13.9. The Balaban J connectivity index is 2.16. The number of rotatable bonds is 6. The first-order valence-corrected chi connectivity index (χ1v) is 8.90. The van der Waals surface area contributed by atoms with Crippen LogP contribution in [0.4, 0.5) is 5.69 Å². The maximum atomic E-state index is 12.6. The van der Waals surface area contributed by atoms with Crippen molar-refractivity contribution in [1.82, 2.24) is 4.57 Å². The molecule has 29 heavy (non-hydrogen) atoms. The lowest BCUT2D eigenvalue weighted by molar-refractivity contribution is -0.0126. The second-order valence-corrected chi connectivity index (χ2v) is 6.60. The van der Waals surface area contributed by atoms with Crippen LogP contribution in [0.3, 0.4) is 0 Å². The van der Waals surface area contributed by atoms with Crippen LogP contribution < -0.4 is 10.3 Å². The molecular weight excluding hydrogens is 372 g/mol. The average Bonchev–Trinajstić information content (AvgIpc) is 2.72. The number of carbonyl (C=O) groups is 1. The number of anilines is 1. The quantitative estimate of drug-likeness (QED) is 0.511. The molecule has 1 aromatic heterocycles. The Morgan fingerprint density at radius 3 is 2.31 bits per heavy atom. The van der Waals surface area contributed by atoms with Gasteiger partial charge < -0.3 is 24.0 Å². The topological polar surface area (TPSA) is 81.0 Å². The van der Waals surface area contributed by atoms with Gasteiger partial charge in [-0.3, -0.25) is 4.79 Å². The number of carbonyl (C=O) groups excluding carboxylic acids is 1. The molecule has 0 atom stereocenters. The van der Waals surface area contributed by atoms with Gasteiger partial charge in [-0.1, -0.05) is 12.1 Å². The molecule has 0 amide bonds. The van der Waals surface area contributed by atoms with Crippen molar-refractivity contribution in [2.75, 3.05) is 32.9 Å². The second kappa shape index (κ2) is 8.62. The van der Waals surface area contributed by atoms with E-state index in [9.17, 15) is 14.7 Å². The van der Waals surface area contributed by atoms with Gasteiger partial charge in [0.1, 0.15) is 11.3 Å². The highest BCUT2D eigenvalue weighted by molar-refractivity contribution is 5.89. The Bertz CT molecular complexity index is 1050. The normalized spacial score (nSPS) is 10.6. The summed E-state index contributed by atoms with van der Waals surface area (Å²) in [6.07, 6.45) is 1.45. The molecule has 150 valence electrons. The van der Waals surface area contributed by atoms with Crippen LogP contribution in [0, 0.1) is 0 Å². The van der Waals surface area contributed by atoms with Crippen molar-refractivity contribution in [3.8, 4) is 22.7 Å². The third kappa shape index (κ3) is 4.47. The summed E-state index contributed by atoms with van der Waals surface area (Å²) >= 11 is 0. The van der Waals surface area contributed by atoms with Crippen molar-refractivity contribution in [3.63, 3.8) is 0 Å². The summed E-state index contributed by atoms with van der Waals surface area (Å²) in [5, 5.41) is 9.60. The van der Waals surface area contributed by atoms with Crippen LogP contribution in [-0.2, 0) is 9.47 Å². The van der Waals surface area contributed by atoms with E-state index in [4.69, 9.17) is 9.47 Å². The zero-order chi connectivity index (χ0) is 21.0. The Kier molecular flexibility index (Phi) is 5.99. The predicted molar refractivity (Wildman–Crippen MR) is 111 cm³/mol. The number of methoxy groups -OCH3 is 1. The summed E-state index contributed by atoms with van der Waals surface area (Å²) in [7, 11) is 5.28. The standard InChI is InChI=1S/C22H22N2O5/c1-23(2)16-6-4-15(5-7-16)20-12-21(26)19(22(27)29-14-28-3)13-24(20)17-8-10-18(25)11-9-17/h4-13,25H,14H2,1-3H3. The lowest BCUT2D eigenvalue weighted by Crippen LogP contribution is -2.21. The number of benzene rings is 2. The number of phenols is 1. The van der Waals surface area contributed by atoms with E-state index in [1.165, 1.54) is 31.5 Å². The van der Waals surface area contributed by atoms with Crippen LogP contribution in [0.5, 0.6) is 5.75 Å². The Morgan fingerprint density at radius 1 is 1.07 bits per heavy atom. The SMILES string of the molecule is COCOC(=O)c1cn(-c2ccc(O)cc2)c(-c2ccc(N(C)C)cc2)cc1=O. The molecule has 0 saturated heterocycles. The number of hydrogen-bond donors (Lipinski definition) is 1. The molecule has 0 radical (unpaired) electrons. The number of phenolic OH excluding ortho intramolecular Hbond substituents is 1. The summed E-state index contributed by atoms with van der Waals surface area (Å²) in [6.45, 7) is -0.245. The monoisotopic (exact) mass is 394 g/mol. The maximum Gasteiger partial charge on any atom is 0.345 e. The lowest BCUT2D eigenvalue weighted by Gasteiger charge is -2.17. The molecule has 0 aliphatic rings. The molecule has 0 bridgehead atoms. The van der Waals surface area contributed by atoms with Gasteiger partial charge in [-0.15, -0.1) is 0 Å². The van der Waals surface area contributed by atoms with Gasteiger partial charge in [0.05, 0.1) is 5.69 Å². The number of esters is 1. The van der Waals surface area contributed by atoms with Crippen LogP contribution >= 0.6 is 0 Å². The van der Waals surface area contributed by atoms with Crippen molar-refractivity contribution < 1.29 is 19.4 Å². The third-order valence-electron chi connectivity index (χ3n) is 4.39. The first kappa shape index (κ1) is 20.2. The van der Waals surface area contributed by atoms with Crippen LogP contribution in [-0.4, -0.2) is 43.6 Å². The van der Waals surface area contributed by atoms with Gasteiger partial charge in [-0.2, -0.15) is 0 Å². The van der Waals surface area contributed by atoms with Crippen LogP contribution in [0.15, 0.2) is 65.6 Å². The van der Waals surface area contributed by atoms with E-state index in [0.29, 0.717) is 11.4 Å². The zero-order valence-electron chi connectivity index (χ0n) is 16.5. The summed E-state index contributed by atoms with van der Waals surface area (Å²) in [5.74, 6) is -0.648. The van der Waals surface area contributed by atoms with Gasteiger partial charge in [0, 0.05) is 44.8 Å². The van der Waals surface area contributed by atoms with Gasteiger partial charge in [-0.05, 0) is 42.0 Å². The predicted octanol–water partition coefficient (Wildman–Crippen LogP) is 3.04. The molecule has 0 fully saturated rings. The molecule has 7 heteroatoms. The van der Waals surface area contributed by atoms with E-state index in [-0.39, 0.29) is 18.1 Å². The summed E-state index contributed by atoms with van der Waals surface area (Å²) in [6, 6.07) is 15.6. The molecule has 0 aliphatic carbocycles. The fourth-order valence-corrected chi connectivity index (χ4v) is 2.86.